The average molecular weight is 1050 g/mol. The summed E-state index contributed by atoms with van der Waals surface area (Å²) in [6.07, 6.45) is 0. The molecular formula is C42H24BI3N6O3. The first-order chi connectivity index (χ1) is 26.7. The fourth-order valence-corrected chi connectivity index (χ4v) is 10.4. The normalized spacial score (nSPS) is 9.11. The lowest BCUT2D eigenvalue weighted by atomic mass is 10.2. The lowest BCUT2D eigenvalue weighted by Crippen LogP contribution is -3.61. The molecule has 0 saturated carbocycles. The zero-order chi connectivity index (χ0) is 39.8. The molecule has 0 amide bonds. The Kier molecular flexibility index (Phi) is 19.6. The van der Waals surface area contributed by atoms with Crippen molar-refractivity contribution in [3.05, 3.63) is 200 Å². The molecule has 9 nitrogen and oxygen atoms in total. The summed E-state index contributed by atoms with van der Waals surface area (Å²) < 4.78 is 7.63. The molecule has 0 aliphatic heterocycles. The molecule has 0 bridgehead atoms. The molecule has 0 aliphatic carbocycles. The molecule has 0 radical (unpaired) electrons. The van der Waals surface area contributed by atoms with Crippen molar-refractivity contribution < 1.29 is 78.7 Å². The summed E-state index contributed by atoms with van der Waals surface area (Å²) in [4.78, 5) is 0. The Bertz CT molecular complexity index is 1930. The van der Waals surface area contributed by atoms with E-state index >= 15 is 0 Å². The second-order valence-corrected chi connectivity index (χ2v) is 19.4. The minimum atomic E-state index is -2.92. The van der Waals surface area contributed by atoms with E-state index in [9.17, 15) is 0 Å². The topological polar surface area (TPSA) is 212 Å². The van der Waals surface area contributed by atoms with Crippen molar-refractivity contribution in [2.45, 2.75) is 0 Å². The van der Waals surface area contributed by atoms with Crippen LogP contribution in [0, 0.1) is 89.4 Å². The van der Waals surface area contributed by atoms with Crippen LogP contribution in [-0.2, 0) is 0 Å². The molecule has 0 atom stereocenters. The first-order valence-corrected chi connectivity index (χ1v) is 22.1. The molecule has 0 spiro atoms. The molecule has 0 aromatic heterocycles. The van der Waals surface area contributed by atoms with Crippen LogP contribution in [0.5, 0.6) is 0 Å². The molecular weight excluding hydrogens is 1030 g/mol. The Hall–Kier alpha value is -5.61. The van der Waals surface area contributed by atoms with Gasteiger partial charge < -0.3 is 15.1 Å². The van der Waals surface area contributed by atoms with Gasteiger partial charge in [0.1, 0.15) is 0 Å². The van der Waals surface area contributed by atoms with Gasteiger partial charge in [-0.3, -0.25) is 7.32 Å². The fraction of sp³-hybridized carbons (Fsp3) is 0. The Labute approximate surface area is 351 Å². The van der Waals surface area contributed by atoms with Gasteiger partial charge in [-0.05, 0) is 146 Å². The van der Waals surface area contributed by atoms with Crippen LogP contribution < -0.4 is 78.7 Å². The molecule has 13 heteroatoms. The summed E-state index contributed by atoms with van der Waals surface area (Å²) in [6.45, 7) is 0. The van der Waals surface area contributed by atoms with Crippen molar-refractivity contribution in [1.29, 1.82) is 31.6 Å². The van der Waals surface area contributed by atoms with Gasteiger partial charge in [-0.2, -0.15) is 31.6 Å². The lowest BCUT2D eigenvalue weighted by molar-refractivity contribution is -0.597. The Morgan fingerprint density at radius 2 is 0.382 bits per heavy atom. The van der Waals surface area contributed by atoms with Gasteiger partial charge in [-0.25, -0.2) is 0 Å². The van der Waals surface area contributed by atoms with E-state index in [1.165, 1.54) is 21.4 Å². The summed E-state index contributed by atoms with van der Waals surface area (Å²) in [5.41, 5.74) is 4.15. The summed E-state index contributed by atoms with van der Waals surface area (Å²) in [5.74, 6) is 0. The lowest BCUT2D eigenvalue weighted by Gasteiger charge is -2.35. The highest BCUT2D eigenvalue weighted by Crippen LogP contribution is 1.99. The van der Waals surface area contributed by atoms with Crippen molar-refractivity contribution in [1.82, 2.24) is 0 Å². The van der Waals surface area contributed by atoms with Gasteiger partial charge >= 0.3 is 63.6 Å². The van der Waals surface area contributed by atoms with Crippen LogP contribution in [-0.4, -0.2) is 7.32 Å². The monoisotopic (exact) mass is 1050 g/mol. The van der Waals surface area contributed by atoms with Gasteiger partial charge in [0.2, 0.25) is 0 Å². The largest absolute Gasteiger partial charge is 0.907 e. The van der Waals surface area contributed by atoms with Crippen LogP contribution in [0.15, 0.2) is 146 Å². The summed E-state index contributed by atoms with van der Waals surface area (Å²) >= 11 is -0.679. The first-order valence-electron chi connectivity index (χ1n) is 15.6. The molecule has 0 fully saturated rings. The van der Waals surface area contributed by atoms with E-state index in [2.05, 4.69) is 36.4 Å². The Morgan fingerprint density at radius 3 is 0.473 bits per heavy atom. The van der Waals surface area contributed by atoms with E-state index in [1.807, 2.05) is 146 Å². The average Bonchev–Trinajstić information content (AvgIpc) is 3.23. The van der Waals surface area contributed by atoms with Gasteiger partial charge in [0.15, 0.2) is 21.4 Å². The highest BCUT2D eigenvalue weighted by molar-refractivity contribution is 6.24. The predicted octanol–water partition coefficient (Wildman–Crippen LogP) is -5.27. The fourth-order valence-electron chi connectivity index (χ4n) is 3.90. The van der Waals surface area contributed by atoms with Crippen LogP contribution >= 0.6 is 0 Å². The van der Waals surface area contributed by atoms with Crippen molar-refractivity contribution in [3.63, 3.8) is 0 Å². The van der Waals surface area contributed by atoms with E-state index in [4.69, 9.17) is 46.6 Å². The first kappa shape index (κ1) is 43.8. The zero-order valence-electron chi connectivity index (χ0n) is 28.5. The van der Waals surface area contributed by atoms with E-state index in [0.717, 1.165) is 0 Å². The number of benzene rings is 6. The highest BCUT2D eigenvalue weighted by Gasteiger charge is 2.17. The summed E-state index contributed by atoms with van der Waals surface area (Å²) in [7, 11) is -2.92. The quantitative estimate of drug-likeness (QED) is 0.115. The minimum absolute atomic E-state index is 0.226. The molecule has 6 aromatic carbocycles. The molecule has 0 aliphatic rings. The van der Waals surface area contributed by atoms with Crippen LogP contribution in [0.25, 0.3) is 0 Å². The third-order valence-electron chi connectivity index (χ3n) is 6.49. The maximum absolute atomic E-state index is 8.70. The molecule has 0 saturated heterocycles. The number of nitriles is 6. The summed E-state index contributed by atoms with van der Waals surface area (Å²) in [5, 5.41) is 77.5. The maximum atomic E-state index is 8.70. The Balaban J connectivity index is 0.000000211. The maximum Gasteiger partial charge on any atom is 0.357 e. The number of nitrogens with zero attached hydrogens (tertiary/aromatic N) is 6. The van der Waals surface area contributed by atoms with Gasteiger partial charge in [-0.15, -0.1) is 0 Å². The molecule has 55 heavy (non-hydrogen) atoms. The second kappa shape index (κ2) is 24.7. The zero-order valence-corrected chi connectivity index (χ0v) is 34.9. The number of hydrogen-bond donors (Lipinski definition) is 0. The summed E-state index contributed by atoms with van der Waals surface area (Å²) in [6, 6.07) is 58.9. The number of halogens is 3. The van der Waals surface area contributed by atoms with Gasteiger partial charge in [0.05, 0.1) is 69.8 Å². The molecule has 0 unspecified atom stereocenters. The smallest absolute Gasteiger partial charge is 0.357 e. The van der Waals surface area contributed by atoms with Gasteiger partial charge in [-0.1, -0.05) is 0 Å². The van der Waals surface area contributed by atoms with Crippen molar-refractivity contribution >= 4 is 7.32 Å². The minimum Gasteiger partial charge on any atom is -0.907 e. The van der Waals surface area contributed by atoms with Crippen molar-refractivity contribution in [2.24, 2.45) is 0 Å². The SMILES string of the molecule is N#Cc1ccc([I+]c2ccc(C#N)cc2)cc1.N#Cc1ccc([I+]c2ccc(C#N)cc2)cc1.N#Cc1ccc([I+]c2ccc(C#N)cc2)cc1.[O-]B([O-])[O-]. The Morgan fingerprint density at radius 1 is 0.273 bits per heavy atom. The van der Waals surface area contributed by atoms with Crippen LogP contribution in [0.3, 0.4) is 0 Å². The van der Waals surface area contributed by atoms with Crippen molar-refractivity contribution in [2.75, 3.05) is 0 Å². The van der Waals surface area contributed by atoms with E-state index in [1.54, 1.807) is 0 Å². The third kappa shape index (κ3) is 16.9. The van der Waals surface area contributed by atoms with E-state index < -0.39 is 7.32 Å². The molecule has 0 heterocycles. The molecule has 6 rings (SSSR count). The van der Waals surface area contributed by atoms with Crippen LogP contribution in [0.4, 0.5) is 0 Å². The van der Waals surface area contributed by atoms with E-state index in [0.29, 0.717) is 33.4 Å². The third-order valence-corrected chi connectivity index (χ3v) is 14.5. The van der Waals surface area contributed by atoms with E-state index in [-0.39, 0.29) is 63.6 Å². The van der Waals surface area contributed by atoms with Crippen molar-refractivity contribution in [3.8, 4) is 36.4 Å². The van der Waals surface area contributed by atoms with Gasteiger partial charge in [0, 0.05) is 0 Å². The molecule has 0 N–H and O–H groups in total. The highest BCUT2D eigenvalue weighted by atomic mass is 127. The standard InChI is InChI=1S/3C14H8IN2.BO3/c3*16-9-11-1-5-13(6-2-11)15-14-7-3-12(10-17)4-8-14;2-1(3)4/h3*1-8H;/q3*+1;-3. The number of hydrogen-bond acceptors (Lipinski definition) is 9. The van der Waals surface area contributed by atoms with Crippen LogP contribution in [0.1, 0.15) is 33.4 Å². The predicted molar refractivity (Wildman–Crippen MR) is 185 cm³/mol. The van der Waals surface area contributed by atoms with Gasteiger partial charge in [0.25, 0.3) is 0 Å². The number of rotatable bonds is 6. The van der Waals surface area contributed by atoms with Crippen LogP contribution in [0.2, 0.25) is 0 Å². The molecule has 6 aromatic rings. The second-order valence-electron chi connectivity index (χ2n) is 10.3. The molecule has 264 valence electrons.